The number of benzene rings is 1. The summed E-state index contributed by atoms with van der Waals surface area (Å²) < 4.78 is 6.65. The molecule has 0 amide bonds. The zero-order valence-corrected chi connectivity index (χ0v) is 22.6. The minimum atomic E-state index is -0.187. The van der Waals surface area contributed by atoms with Gasteiger partial charge in [0.05, 0.1) is 0 Å². The molecule has 0 bridgehead atoms. The maximum absolute atomic E-state index is 6.65. The summed E-state index contributed by atoms with van der Waals surface area (Å²) in [4.78, 5) is 0. The highest BCUT2D eigenvalue weighted by atomic mass is 16.5. The molecule has 1 aliphatic heterocycles. The van der Waals surface area contributed by atoms with Crippen LogP contribution >= 0.6 is 0 Å². The Morgan fingerprint density at radius 3 is 1.94 bits per heavy atom. The van der Waals surface area contributed by atoms with Crippen molar-refractivity contribution < 1.29 is 4.74 Å². The lowest BCUT2D eigenvalue weighted by Gasteiger charge is -2.35. The van der Waals surface area contributed by atoms with Crippen molar-refractivity contribution in [3.63, 3.8) is 0 Å². The van der Waals surface area contributed by atoms with Gasteiger partial charge < -0.3 is 4.74 Å². The second-order valence-electron chi connectivity index (χ2n) is 11.5. The lowest BCUT2D eigenvalue weighted by molar-refractivity contribution is 0.121. The van der Waals surface area contributed by atoms with Crippen molar-refractivity contribution in [3.05, 3.63) is 40.8 Å². The predicted octanol–water partition coefficient (Wildman–Crippen LogP) is 9.59. The summed E-state index contributed by atoms with van der Waals surface area (Å²) in [5.74, 6) is 3.65. The fourth-order valence-electron chi connectivity index (χ4n) is 5.36. The van der Waals surface area contributed by atoms with Crippen LogP contribution in [0.3, 0.4) is 0 Å². The largest absolute Gasteiger partial charge is 0.483 e. The molecule has 0 saturated carbocycles. The van der Waals surface area contributed by atoms with Crippen molar-refractivity contribution in [1.82, 2.24) is 0 Å². The first-order valence-corrected chi connectivity index (χ1v) is 13.4. The molecule has 1 heteroatoms. The highest BCUT2D eigenvalue weighted by Crippen LogP contribution is 2.41. The van der Waals surface area contributed by atoms with E-state index in [1.165, 1.54) is 79.2 Å². The van der Waals surface area contributed by atoms with Gasteiger partial charge in [0, 0.05) is 5.56 Å². The molecule has 1 nitrogen and oxygen atoms in total. The van der Waals surface area contributed by atoms with Crippen molar-refractivity contribution >= 4 is 6.08 Å². The van der Waals surface area contributed by atoms with Crippen molar-refractivity contribution in [1.29, 1.82) is 0 Å². The lowest BCUT2D eigenvalue weighted by Crippen LogP contribution is -2.32. The minimum Gasteiger partial charge on any atom is -0.483 e. The van der Waals surface area contributed by atoms with Crippen molar-refractivity contribution in [2.24, 2.45) is 17.8 Å². The molecule has 2 rings (SSSR count). The van der Waals surface area contributed by atoms with E-state index in [2.05, 4.69) is 74.5 Å². The van der Waals surface area contributed by atoms with E-state index in [1.807, 2.05) is 0 Å². The normalized spacial score (nSPS) is 19.7. The van der Waals surface area contributed by atoms with Gasteiger partial charge in [-0.2, -0.15) is 0 Å². The van der Waals surface area contributed by atoms with Gasteiger partial charge in [-0.3, -0.25) is 0 Å². The van der Waals surface area contributed by atoms with E-state index in [4.69, 9.17) is 4.74 Å². The van der Waals surface area contributed by atoms with Crippen LogP contribution in [0.2, 0.25) is 0 Å². The Morgan fingerprint density at radius 2 is 1.38 bits per heavy atom. The Bertz CT molecular complexity index is 756. The fraction of sp³-hybridized carbons (Fsp3) is 0.710. The van der Waals surface area contributed by atoms with E-state index in [1.54, 1.807) is 0 Å². The molecule has 0 fully saturated rings. The second kappa shape index (κ2) is 12.3. The number of fused-ring (bicyclic) bond motifs is 1. The van der Waals surface area contributed by atoms with Gasteiger partial charge in [0.15, 0.2) is 0 Å². The van der Waals surface area contributed by atoms with Crippen LogP contribution < -0.4 is 4.74 Å². The van der Waals surface area contributed by atoms with E-state index in [0.29, 0.717) is 0 Å². The van der Waals surface area contributed by atoms with Crippen LogP contribution in [0, 0.1) is 45.4 Å². The molecular weight excluding hydrogens is 388 g/mol. The SMILES string of the molecule is [CH2]Cc1c(C)c(C)c2c(c1C)C=C[C@@](C)(CCC[C@@H](C)CCC[C@@H](C)CCCC(C)C)O2. The third kappa shape index (κ3) is 7.39. The smallest absolute Gasteiger partial charge is 0.131 e. The molecule has 1 heterocycles. The van der Waals surface area contributed by atoms with Crippen LogP contribution in [0.1, 0.15) is 120 Å². The van der Waals surface area contributed by atoms with Gasteiger partial charge in [0.2, 0.25) is 0 Å². The zero-order valence-electron chi connectivity index (χ0n) is 22.6. The summed E-state index contributed by atoms with van der Waals surface area (Å²) in [5.41, 5.74) is 6.43. The Kier molecular flexibility index (Phi) is 10.4. The molecule has 1 aromatic carbocycles. The molecule has 32 heavy (non-hydrogen) atoms. The third-order valence-electron chi connectivity index (χ3n) is 7.89. The molecule has 181 valence electrons. The van der Waals surface area contributed by atoms with E-state index in [9.17, 15) is 0 Å². The average molecular weight is 440 g/mol. The van der Waals surface area contributed by atoms with E-state index in [-0.39, 0.29) is 5.60 Å². The summed E-state index contributed by atoms with van der Waals surface area (Å²) in [6.45, 7) is 22.6. The molecule has 0 spiro atoms. The lowest BCUT2D eigenvalue weighted by atomic mass is 9.86. The van der Waals surface area contributed by atoms with E-state index < -0.39 is 0 Å². The fourth-order valence-corrected chi connectivity index (χ4v) is 5.36. The third-order valence-corrected chi connectivity index (χ3v) is 7.89. The topological polar surface area (TPSA) is 9.23 Å². The van der Waals surface area contributed by atoms with E-state index >= 15 is 0 Å². The van der Waals surface area contributed by atoms with Gasteiger partial charge in [-0.1, -0.05) is 78.7 Å². The number of rotatable bonds is 13. The van der Waals surface area contributed by atoms with Gasteiger partial charge in [-0.25, -0.2) is 0 Å². The van der Waals surface area contributed by atoms with Gasteiger partial charge in [0.1, 0.15) is 11.4 Å². The first-order chi connectivity index (χ1) is 15.1. The minimum absolute atomic E-state index is 0.187. The van der Waals surface area contributed by atoms with Crippen LogP contribution in [0.25, 0.3) is 6.08 Å². The van der Waals surface area contributed by atoms with Gasteiger partial charge >= 0.3 is 0 Å². The highest BCUT2D eigenvalue weighted by molar-refractivity contribution is 5.70. The van der Waals surface area contributed by atoms with Crippen molar-refractivity contribution in [2.45, 2.75) is 125 Å². The van der Waals surface area contributed by atoms with Gasteiger partial charge in [-0.15, -0.1) is 0 Å². The second-order valence-corrected chi connectivity index (χ2v) is 11.5. The van der Waals surface area contributed by atoms with Crippen LogP contribution in [0.4, 0.5) is 0 Å². The molecule has 0 aliphatic carbocycles. The Labute approximate surface area is 200 Å². The molecular formula is C31H51O. The maximum atomic E-state index is 6.65. The molecule has 0 N–H and O–H groups in total. The summed E-state index contributed by atoms with van der Waals surface area (Å²) in [6.07, 6.45) is 17.4. The summed E-state index contributed by atoms with van der Waals surface area (Å²) >= 11 is 0. The first kappa shape index (κ1) is 27.0. The summed E-state index contributed by atoms with van der Waals surface area (Å²) in [6, 6.07) is 0. The molecule has 1 aromatic rings. The van der Waals surface area contributed by atoms with Crippen LogP contribution in [0.5, 0.6) is 5.75 Å². The Hall–Kier alpha value is -1.24. The maximum Gasteiger partial charge on any atom is 0.131 e. The van der Waals surface area contributed by atoms with Gasteiger partial charge in [-0.05, 0) is 100.0 Å². The predicted molar refractivity (Wildman–Crippen MR) is 142 cm³/mol. The first-order valence-electron chi connectivity index (χ1n) is 13.4. The summed E-state index contributed by atoms with van der Waals surface area (Å²) in [7, 11) is 0. The standard InChI is InChI=1S/C31H51O/c1-10-28-25(6)26(7)30-29(27(28)8)19-21-31(9,32-30)20-13-18-24(5)17-12-16-23(4)15-11-14-22(2)3/h19,21-24H,1,10-18,20H2,2-9H3/t23-,24-,31+/m0/s1. The van der Waals surface area contributed by atoms with Crippen LogP contribution in [0.15, 0.2) is 6.08 Å². The monoisotopic (exact) mass is 439 g/mol. The number of ether oxygens (including phenoxy) is 1. The van der Waals surface area contributed by atoms with Crippen LogP contribution in [-0.4, -0.2) is 5.60 Å². The molecule has 0 unspecified atom stereocenters. The van der Waals surface area contributed by atoms with Crippen molar-refractivity contribution in [3.8, 4) is 5.75 Å². The Morgan fingerprint density at radius 1 is 0.812 bits per heavy atom. The molecule has 1 radical (unpaired) electrons. The zero-order chi connectivity index (χ0) is 23.9. The number of hydrogen-bond donors (Lipinski definition) is 0. The van der Waals surface area contributed by atoms with Crippen LogP contribution in [-0.2, 0) is 6.42 Å². The summed E-state index contributed by atoms with van der Waals surface area (Å²) in [5, 5.41) is 0. The highest BCUT2D eigenvalue weighted by Gasteiger charge is 2.30. The molecule has 0 saturated heterocycles. The molecule has 3 atom stereocenters. The number of hydrogen-bond acceptors (Lipinski definition) is 1. The average Bonchev–Trinajstić information content (AvgIpc) is 2.72. The Balaban J connectivity index is 1.79. The van der Waals surface area contributed by atoms with E-state index in [0.717, 1.165) is 36.3 Å². The quantitative estimate of drug-likeness (QED) is 0.297. The van der Waals surface area contributed by atoms with Gasteiger partial charge in [0.25, 0.3) is 0 Å². The molecule has 0 aromatic heterocycles. The van der Waals surface area contributed by atoms with Crippen molar-refractivity contribution in [2.75, 3.05) is 0 Å². The molecule has 1 aliphatic rings.